The molecule has 1 rings (SSSR count). The number of aliphatic imine (C=N–C) groups is 1. The van der Waals surface area contributed by atoms with Crippen molar-refractivity contribution in [2.24, 2.45) is 4.99 Å². The van der Waals surface area contributed by atoms with Crippen molar-refractivity contribution >= 4 is 5.96 Å². The first-order valence-electron chi connectivity index (χ1n) is 7.30. The van der Waals surface area contributed by atoms with Crippen LogP contribution in [0.25, 0.3) is 0 Å². The van der Waals surface area contributed by atoms with Gasteiger partial charge in [-0.3, -0.25) is 9.89 Å². The maximum atomic E-state index is 5.38. The summed E-state index contributed by atoms with van der Waals surface area (Å²) in [7, 11) is 0. The summed E-state index contributed by atoms with van der Waals surface area (Å²) in [4.78, 5) is 7.12. The summed E-state index contributed by atoms with van der Waals surface area (Å²) in [6.07, 6.45) is 0. The van der Waals surface area contributed by atoms with E-state index in [1.54, 1.807) is 0 Å². The molecule has 0 aliphatic carbocycles. The molecule has 1 unspecified atom stereocenters. The normalized spacial score (nSPS) is 20.2. The molecule has 0 aromatic heterocycles. The van der Waals surface area contributed by atoms with Gasteiger partial charge in [0.2, 0.25) is 0 Å². The molecule has 0 radical (unpaired) electrons. The molecule has 5 heteroatoms. The minimum atomic E-state index is 0.0310. The molecular formula is C14H30N4O. The van der Waals surface area contributed by atoms with E-state index in [0.717, 1.165) is 45.4 Å². The fourth-order valence-electron chi connectivity index (χ4n) is 2.02. The molecule has 0 amide bonds. The van der Waals surface area contributed by atoms with Crippen LogP contribution in [0.5, 0.6) is 0 Å². The van der Waals surface area contributed by atoms with E-state index in [4.69, 9.17) is 4.74 Å². The van der Waals surface area contributed by atoms with Gasteiger partial charge < -0.3 is 15.4 Å². The summed E-state index contributed by atoms with van der Waals surface area (Å²) >= 11 is 0. The number of hydrogen-bond acceptors (Lipinski definition) is 3. The molecule has 1 heterocycles. The standard InChI is InChI=1S/C14H30N4O/c1-6-15-13(17-14(3,4)5)16-11-12(2)18-7-9-19-10-8-18/h12H,6-11H2,1-5H3,(H2,15,16,17). The van der Waals surface area contributed by atoms with Gasteiger partial charge in [-0.05, 0) is 34.6 Å². The molecule has 1 saturated heterocycles. The smallest absolute Gasteiger partial charge is 0.191 e. The van der Waals surface area contributed by atoms with Crippen molar-refractivity contribution in [1.82, 2.24) is 15.5 Å². The maximum Gasteiger partial charge on any atom is 0.191 e. The Hall–Kier alpha value is -0.810. The molecule has 2 N–H and O–H groups in total. The number of nitrogens with one attached hydrogen (secondary N) is 2. The summed E-state index contributed by atoms with van der Waals surface area (Å²) in [5, 5.41) is 6.70. The van der Waals surface area contributed by atoms with Crippen molar-refractivity contribution in [2.45, 2.75) is 46.2 Å². The number of morpholine rings is 1. The van der Waals surface area contributed by atoms with Crippen LogP contribution in [-0.4, -0.2) is 61.8 Å². The van der Waals surface area contributed by atoms with Crippen molar-refractivity contribution in [3.8, 4) is 0 Å². The average Bonchev–Trinajstić information content (AvgIpc) is 2.35. The predicted molar refractivity (Wildman–Crippen MR) is 80.7 cm³/mol. The third kappa shape index (κ3) is 6.78. The molecule has 1 atom stereocenters. The Morgan fingerprint density at radius 1 is 1.32 bits per heavy atom. The van der Waals surface area contributed by atoms with Crippen LogP contribution in [0.2, 0.25) is 0 Å². The monoisotopic (exact) mass is 270 g/mol. The minimum Gasteiger partial charge on any atom is -0.379 e. The van der Waals surface area contributed by atoms with Gasteiger partial charge in [0.25, 0.3) is 0 Å². The predicted octanol–water partition coefficient (Wildman–Crippen LogP) is 1.06. The molecule has 0 saturated carbocycles. The number of rotatable bonds is 4. The van der Waals surface area contributed by atoms with Gasteiger partial charge >= 0.3 is 0 Å². The van der Waals surface area contributed by atoms with E-state index in [2.05, 4.69) is 55.1 Å². The lowest BCUT2D eigenvalue weighted by Gasteiger charge is -2.31. The fraction of sp³-hybridized carbons (Fsp3) is 0.929. The second kappa shape index (κ2) is 7.70. The first-order chi connectivity index (χ1) is 8.92. The lowest BCUT2D eigenvalue weighted by Crippen LogP contribution is -2.48. The summed E-state index contributed by atoms with van der Waals surface area (Å²) in [5.41, 5.74) is 0.0310. The number of nitrogens with zero attached hydrogens (tertiary/aromatic N) is 2. The summed E-state index contributed by atoms with van der Waals surface area (Å²) in [6.45, 7) is 16.2. The minimum absolute atomic E-state index is 0.0310. The van der Waals surface area contributed by atoms with E-state index in [9.17, 15) is 0 Å². The van der Waals surface area contributed by atoms with E-state index in [-0.39, 0.29) is 5.54 Å². The Morgan fingerprint density at radius 3 is 2.47 bits per heavy atom. The Balaban J connectivity index is 2.48. The molecule has 0 spiro atoms. The molecule has 0 aromatic rings. The second-order valence-corrected chi connectivity index (χ2v) is 6.09. The molecule has 0 bridgehead atoms. The Bertz CT molecular complexity index is 280. The highest BCUT2D eigenvalue weighted by atomic mass is 16.5. The lowest BCUT2D eigenvalue weighted by molar-refractivity contribution is 0.0220. The lowest BCUT2D eigenvalue weighted by atomic mass is 10.1. The third-order valence-corrected chi connectivity index (χ3v) is 3.02. The highest BCUT2D eigenvalue weighted by molar-refractivity contribution is 5.80. The quantitative estimate of drug-likeness (QED) is 0.592. The maximum absolute atomic E-state index is 5.38. The highest BCUT2D eigenvalue weighted by Crippen LogP contribution is 2.04. The number of hydrogen-bond donors (Lipinski definition) is 2. The van der Waals surface area contributed by atoms with Crippen molar-refractivity contribution in [3.63, 3.8) is 0 Å². The van der Waals surface area contributed by atoms with Crippen LogP contribution in [0.1, 0.15) is 34.6 Å². The zero-order valence-electron chi connectivity index (χ0n) is 13.1. The van der Waals surface area contributed by atoms with Crippen molar-refractivity contribution in [1.29, 1.82) is 0 Å². The summed E-state index contributed by atoms with van der Waals surface area (Å²) < 4.78 is 5.38. The summed E-state index contributed by atoms with van der Waals surface area (Å²) in [6, 6.07) is 0.458. The Labute approximate surface area is 117 Å². The van der Waals surface area contributed by atoms with Gasteiger partial charge in [-0.25, -0.2) is 0 Å². The zero-order valence-corrected chi connectivity index (χ0v) is 13.1. The van der Waals surface area contributed by atoms with Crippen LogP contribution >= 0.6 is 0 Å². The molecule has 19 heavy (non-hydrogen) atoms. The van der Waals surface area contributed by atoms with Gasteiger partial charge in [0, 0.05) is 31.2 Å². The average molecular weight is 270 g/mol. The van der Waals surface area contributed by atoms with Crippen LogP contribution in [0.3, 0.4) is 0 Å². The van der Waals surface area contributed by atoms with Gasteiger partial charge in [0.1, 0.15) is 0 Å². The fourth-order valence-corrected chi connectivity index (χ4v) is 2.02. The van der Waals surface area contributed by atoms with Gasteiger partial charge in [0.05, 0.1) is 19.8 Å². The molecular weight excluding hydrogens is 240 g/mol. The summed E-state index contributed by atoms with van der Waals surface area (Å²) in [5.74, 6) is 0.898. The van der Waals surface area contributed by atoms with E-state index in [1.807, 2.05) is 0 Å². The first-order valence-corrected chi connectivity index (χ1v) is 7.30. The van der Waals surface area contributed by atoms with Crippen LogP contribution in [0.15, 0.2) is 4.99 Å². The first kappa shape index (κ1) is 16.2. The highest BCUT2D eigenvalue weighted by Gasteiger charge is 2.17. The molecule has 0 aromatic carbocycles. The van der Waals surface area contributed by atoms with Crippen molar-refractivity contribution < 1.29 is 4.74 Å². The SMILES string of the molecule is CCNC(=NCC(C)N1CCOCC1)NC(C)(C)C. The van der Waals surface area contributed by atoms with Crippen LogP contribution in [-0.2, 0) is 4.74 Å². The van der Waals surface area contributed by atoms with E-state index in [0.29, 0.717) is 6.04 Å². The largest absolute Gasteiger partial charge is 0.379 e. The van der Waals surface area contributed by atoms with Gasteiger partial charge in [-0.1, -0.05) is 0 Å². The third-order valence-electron chi connectivity index (χ3n) is 3.02. The molecule has 112 valence electrons. The van der Waals surface area contributed by atoms with Gasteiger partial charge in [-0.15, -0.1) is 0 Å². The Kier molecular flexibility index (Phi) is 6.58. The van der Waals surface area contributed by atoms with E-state index in [1.165, 1.54) is 0 Å². The number of ether oxygens (including phenoxy) is 1. The van der Waals surface area contributed by atoms with Gasteiger partial charge in [0.15, 0.2) is 5.96 Å². The van der Waals surface area contributed by atoms with Gasteiger partial charge in [-0.2, -0.15) is 0 Å². The van der Waals surface area contributed by atoms with E-state index >= 15 is 0 Å². The van der Waals surface area contributed by atoms with Crippen molar-refractivity contribution in [3.05, 3.63) is 0 Å². The molecule has 1 aliphatic rings. The molecule has 1 fully saturated rings. The van der Waals surface area contributed by atoms with E-state index < -0.39 is 0 Å². The van der Waals surface area contributed by atoms with Crippen molar-refractivity contribution in [2.75, 3.05) is 39.4 Å². The Morgan fingerprint density at radius 2 is 1.95 bits per heavy atom. The number of guanidine groups is 1. The molecule has 5 nitrogen and oxygen atoms in total. The van der Waals surface area contributed by atoms with Crippen LogP contribution in [0, 0.1) is 0 Å². The van der Waals surface area contributed by atoms with Crippen LogP contribution < -0.4 is 10.6 Å². The van der Waals surface area contributed by atoms with Crippen LogP contribution in [0.4, 0.5) is 0 Å². The second-order valence-electron chi connectivity index (χ2n) is 6.09. The molecule has 1 aliphatic heterocycles. The zero-order chi connectivity index (χ0) is 14.3. The topological polar surface area (TPSA) is 48.9 Å².